The van der Waals surface area contributed by atoms with Crippen molar-refractivity contribution in [3.05, 3.63) is 34.8 Å². The molecule has 2 N–H and O–H groups in total. The molecule has 0 fully saturated rings. The first kappa shape index (κ1) is 10.4. The molecular weight excluding hydrogens is 178 g/mol. The number of benzene rings is 1. The highest BCUT2D eigenvalue weighted by Crippen LogP contribution is 2.11. The average Bonchev–Trinajstić information content (AvgIpc) is 2.05. The SMILES string of the molecule is Cl.N#[N+]c1ccc(C(N)=O)cc1. The van der Waals surface area contributed by atoms with E-state index in [2.05, 4.69) is 4.98 Å². The molecule has 0 radical (unpaired) electrons. The summed E-state index contributed by atoms with van der Waals surface area (Å²) in [5.41, 5.74) is 5.77. The van der Waals surface area contributed by atoms with Gasteiger partial charge >= 0.3 is 5.69 Å². The van der Waals surface area contributed by atoms with Crippen LogP contribution in [-0.2, 0) is 0 Å². The Morgan fingerprint density at radius 2 is 1.83 bits per heavy atom. The quantitative estimate of drug-likeness (QED) is 0.675. The van der Waals surface area contributed by atoms with Gasteiger partial charge in [-0.1, -0.05) is 0 Å². The van der Waals surface area contributed by atoms with Crippen LogP contribution in [0.4, 0.5) is 5.69 Å². The second kappa shape index (κ2) is 4.31. The summed E-state index contributed by atoms with van der Waals surface area (Å²) in [6, 6.07) is 5.99. The predicted octanol–water partition coefficient (Wildman–Crippen LogP) is 1.69. The maximum Gasteiger partial charge on any atom is 0.385 e. The average molecular weight is 185 g/mol. The number of carbonyl (C=O) groups is 1. The smallest absolute Gasteiger partial charge is 0.366 e. The topological polar surface area (TPSA) is 71.2 Å². The minimum atomic E-state index is -0.491. The van der Waals surface area contributed by atoms with Crippen LogP contribution in [0.25, 0.3) is 4.98 Å². The summed E-state index contributed by atoms with van der Waals surface area (Å²) in [6.07, 6.45) is 0. The minimum absolute atomic E-state index is 0. The van der Waals surface area contributed by atoms with Crippen LogP contribution in [0.1, 0.15) is 10.4 Å². The minimum Gasteiger partial charge on any atom is -0.366 e. The van der Waals surface area contributed by atoms with Crippen molar-refractivity contribution in [3.63, 3.8) is 0 Å². The number of hydrogen-bond donors (Lipinski definition) is 1. The number of rotatable bonds is 1. The number of diazo groups is 1. The first-order valence-corrected chi connectivity index (χ1v) is 2.99. The number of nitrogens with zero attached hydrogens (tertiary/aromatic N) is 2. The number of carbonyl (C=O) groups excluding carboxylic acids is 1. The van der Waals surface area contributed by atoms with Crippen molar-refractivity contribution in [1.29, 1.82) is 5.39 Å². The summed E-state index contributed by atoms with van der Waals surface area (Å²) >= 11 is 0. The molecule has 0 aromatic heterocycles. The van der Waals surface area contributed by atoms with Crippen LogP contribution >= 0.6 is 12.4 Å². The molecule has 1 aromatic carbocycles. The van der Waals surface area contributed by atoms with E-state index in [1.54, 1.807) is 0 Å². The Morgan fingerprint density at radius 1 is 1.33 bits per heavy atom. The summed E-state index contributed by atoms with van der Waals surface area (Å²) < 4.78 is 0. The van der Waals surface area contributed by atoms with Crippen molar-refractivity contribution in [2.45, 2.75) is 0 Å². The first-order chi connectivity index (χ1) is 5.24. The van der Waals surface area contributed by atoms with Gasteiger partial charge in [0.05, 0.1) is 0 Å². The fourth-order valence-corrected chi connectivity index (χ4v) is 0.692. The highest BCUT2D eigenvalue weighted by atomic mass is 35.5. The normalized spacial score (nSPS) is 7.92. The van der Waals surface area contributed by atoms with Gasteiger partial charge in [-0.25, -0.2) is 0 Å². The highest BCUT2D eigenvalue weighted by molar-refractivity contribution is 5.93. The summed E-state index contributed by atoms with van der Waals surface area (Å²) in [5, 5.41) is 8.28. The number of amides is 1. The molecule has 0 aliphatic carbocycles. The zero-order chi connectivity index (χ0) is 8.27. The number of nitrogens with two attached hydrogens (primary N) is 1. The second-order valence-corrected chi connectivity index (χ2v) is 2.01. The van der Waals surface area contributed by atoms with Gasteiger partial charge in [0, 0.05) is 17.7 Å². The van der Waals surface area contributed by atoms with Crippen molar-refractivity contribution < 1.29 is 4.79 Å². The molecule has 0 aliphatic heterocycles. The van der Waals surface area contributed by atoms with Gasteiger partial charge in [-0.3, -0.25) is 4.79 Å². The van der Waals surface area contributed by atoms with Gasteiger partial charge in [0.2, 0.25) is 11.3 Å². The van der Waals surface area contributed by atoms with E-state index >= 15 is 0 Å². The maximum absolute atomic E-state index is 10.5. The van der Waals surface area contributed by atoms with Gasteiger partial charge in [-0.15, -0.1) is 12.4 Å². The second-order valence-electron chi connectivity index (χ2n) is 2.01. The van der Waals surface area contributed by atoms with Crippen LogP contribution in [0.5, 0.6) is 0 Å². The molecule has 0 bridgehead atoms. The van der Waals surface area contributed by atoms with Crippen LogP contribution in [0, 0.1) is 5.39 Å². The molecule has 0 saturated carbocycles. The molecule has 1 rings (SSSR count). The van der Waals surface area contributed by atoms with Gasteiger partial charge in [0.25, 0.3) is 0 Å². The Bertz CT molecular complexity index is 314. The molecule has 0 aliphatic rings. The first-order valence-electron chi connectivity index (χ1n) is 2.99. The Kier molecular flexibility index (Phi) is 3.74. The third-order valence-electron chi connectivity index (χ3n) is 1.27. The fourth-order valence-electron chi connectivity index (χ4n) is 0.692. The Balaban J connectivity index is 0.00000121. The van der Waals surface area contributed by atoms with E-state index in [9.17, 15) is 4.79 Å². The van der Waals surface area contributed by atoms with Crippen molar-refractivity contribution in [3.8, 4) is 0 Å². The molecule has 62 valence electrons. The van der Waals surface area contributed by atoms with Gasteiger partial charge in [0.15, 0.2) is 4.98 Å². The summed E-state index contributed by atoms with van der Waals surface area (Å²) in [6.45, 7) is 0. The van der Waals surface area contributed by atoms with Gasteiger partial charge in [0.1, 0.15) is 0 Å². The van der Waals surface area contributed by atoms with E-state index in [1.165, 1.54) is 24.3 Å². The maximum atomic E-state index is 10.5. The monoisotopic (exact) mass is 184 g/mol. The molecule has 0 spiro atoms. The highest BCUT2D eigenvalue weighted by Gasteiger charge is 2.04. The standard InChI is InChI=1S/C7H5N3O.ClH/c8-7(11)5-1-3-6(10-9)4-2-5;/h1-4H,(H-,8,11);1H/p+1. The molecule has 0 saturated heterocycles. The Hall–Kier alpha value is -1.60. The van der Waals surface area contributed by atoms with E-state index in [4.69, 9.17) is 11.1 Å². The van der Waals surface area contributed by atoms with Gasteiger partial charge in [-0.05, 0) is 12.1 Å². The predicted molar refractivity (Wildman–Crippen MR) is 47.0 cm³/mol. The van der Waals surface area contributed by atoms with Crippen LogP contribution in [0.3, 0.4) is 0 Å². The summed E-state index contributed by atoms with van der Waals surface area (Å²) in [5.74, 6) is -0.491. The zero-order valence-corrected chi connectivity index (χ0v) is 6.91. The summed E-state index contributed by atoms with van der Waals surface area (Å²) in [7, 11) is 0. The Morgan fingerprint density at radius 3 is 2.17 bits per heavy atom. The van der Waals surface area contributed by atoms with Gasteiger partial charge in [-0.2, -0.15) is 0 Å². The lowest BCUT2D eigenvalue weighted by Gasteiger charge is -1.88. The number of hydrogen-bond acceptors (Lipinski definition) is 2. The third-order valence-corrected chi connectivity index (χ3v) is 1.27. The van der Waals surface area contributed by atoms with Crippen LogP contribution in [-0.4, -0.2) is 5.91 Å². The summed E-state index contributed by atoms with van der Waals surface area (Å²) in [4.78, 5) is 13.4. The van der Waals surface area contributed by atoms with Crippen molar-refractivity contribution in [1.82, 2.24) is 0 Å². The van der Waals surface area contributed by atoms with Gasteiger partial charge < -0.3 is 5.73 Å². The largest absolute Gasteiger partial charge is 0.385 e. The molecule has 0 atom stereocenters. The fraction of sp³-hybridized carbons (Fsp3) is 0. The zero-order valence-electron chi connectivity index (χ0n) is 6.10. The van der Waals surface area contributed by atoms with Crippen molar-refractivity contribution in [2.24, 2.45) is 5.73 Å². The lowest BCUT2D eigenvalue weighted by molar-refractivity contribution is 0.100. The lowest BCUT2D eigenvalue weighted by atomic mass is 10.2. The Labute approximate surface area is 75.4 Å². The van der Waals surface area contributed by atoms with Crippen molar-refractivity contribution >= 4 is 24.0 Å². The molecule has 1 amide bonds. The van der Waals surface area contributed by atoms with Crippen LogP contribution in [0.15, 0.2) is 24.3 Å². The van der Waals surface area contributed by atoms with Crippen LogP contribution < -0.4 is 5.73 Å². The lowest BCUT2D eigenvalue weighted by Crippen LogP contribution is -2.10. The number of primary amides is 1. The molecule has 12 heavy (non-hydrogen) atoms. The van der Waals surface area contributed by atoms with Crippen molar-refractivity contribution in [2.75, 3.05) is 0 Å². The molecule has 0 unspecified atom stereocenters. The van der Waals surface area contributed by atoms with E-state index < -0.39 is 5.91 Å². The molecule has 0 heterocycles. The number of halogens is 1. The molecule has 4 nitrogen and oxygen atoms in total. The molecule has 5 heteroatoms. The van der Waals surface area contributed by atoms with Crippen LogP contribution in [0.2, 0.25) is 0 Å². The van der Waals surface area contributed by atoms with E-state index in [0.29, 0.717) is 11.3 Å². The molecule has 1 aromatic rings. The molecular formula is C7H7ClN3O+. The van der Waals surface area contributed by atoms with E-state index in [0.717, 1.165) is 0 Å². The van der Waals surface area contributed by atoms with E-state index in [1.807, 2.05) is 0 Å². The van der Waals surface area contributed by atoms with E-state index in [-0.39, 0.29) is 12.4 Å². The third kappa shape index (κ3) is 2.22.